The predicted octanol–water partition coefficient (Wildman–Crippen LogP) is 3.57. The molecule has 1 aliphatic rings. The van der Waals surface area contributed by atoms with E-state index in [2.05, 4.69) is 0 Å². The molecule has 2 amide bonds. The van der Waals surface area contributed by atoms with Crippen molar-refractivity contribution in [1.82, 2.24) is 4.90 Å². The van der Waals surface area contributed by atoms with Gasteiger partial charge in [0.05, 0.1) is 7.11 Å². The van der Waals surface area contributed by atoms with Crippen LogP contribution in [-0.4, -0.2) is 44.0 Å². The maximum absolute atomic E-state index is 13.9. The van der Waals surface area contributed by atoms with Crippen LogP contribution < -0.4 is 15.4 Å². The minimum absolute atomic E-state index is 0.0967. The van der Waals surface area contributed by atoms with Crippen molar-refractivity contribution >= 4 is 23.2 Å². The van der Waals surface area contributed by atoms with Gasteiger partial charge in [0.15, 0.2) is 17.3 Å². The number of likely N-dealkylation sites (tertiary alicyclic amines) is 1. The molecule has 0 aliphatic carbocycles. The van der Waals surface area contributed by atoms with Crippen molar-refractivity contribution in [3.63, 3.8) is 0 Å². The van der Waals surface area contributed by atoms with Gasteiger partial charge in [-0.1, -0.05) is 0 Å². The third-order valence-corrected chi connectivity index (χ3v) is 5.14. The first-order chi connectivity index (χ1) is 13.4. The molecule has 2 N–H and O–H groups in total. The number of nitrogens with zero attached hydrogens (tertiary/aromatic N) is 2. The van der Waals surface area contributed by atoms with Crippen LogP contribution in [0.2, 0.25) is 0 Å². The zero-order valence-corrected chi connectivity index (χ0v) is 16.0. The van der Waals surface area contributed by atoms with Crippen LogP contribution in [0.1, 0.15) is 23.2 Å². The molecule has 0 unspecified atom stereocenters. The van der Waals surface area contributed by atoms with Crippen LogP contribution in [0, 0.1) is 11.7 Å². The molecule has 28 heavy (non-hydrogen) atoms. The van der Waals surface area contributed by atoms with Gasteiger partial charge in [-0.05, 0) is 55.3 Å². The number of urea groups is 1. The number of halogens is 1. The number of hydrogen-bond acceptors (Lipinski definition) is 4. The number of hydrogen-bond donors (Lipinski definition) is 1. The lowest BCUT2D eigenvalue weighted by atomic mass is 9.89. The second-order valence-corrected chi connectivity index (χ2v) is 6.91. The normalized spacial score (nSPS) is 14.6. The summed E-state index contributed by atoms with van der Waals surface area (Å²) in [6.07, 6.45) is 1.10. The molecule has 0 spiro atoms. The smallest absolute Gasteiger partial charge is 0.324 e. The minimum Gasteiger partial charge on any atom is -0.494 e. The Kier molecular flexibility index (Phi) is 5.82. The van der Waals surface area contributed by atoms with Gasteiger partial charge < -0.3 is 15.4 Å². The highest BCUT2D eigenvalue weighted by molar-refractivity contribution is 5.98. The highest BCUT2D eigenvalue weighted by Gasteiger charge is 2.29. The van der Waals surface area contributed by atoms with E-state index in [0.29, 0.717) is 37.2 Å². The van der Waals surface area contributed by atoms with Gasteiger partial charge in [-0.2, -0.15) is 0 Å². The molecule has 0 bridgehead atoms. The predicted molar refractivity (Wildman–Crippen MR) is 106 cm³/mol. The fourth-order valence-electron chi connectivity index (χ4n) is 3.41. The SMILES string of the molecule is COc1ccc(C(=O)C2CCN(C(=O)N(C)c3ccc(N)cc3)CC2)cc1F. The number of amides is 2. The molecule has 2 aromatic carbocycles. The Hall–Kier alpha value is -3.09. The molecule has 1 aliphatic heterocycles. The highest BCUT2D eigenvalue weighted by Crippen LogP contribution is 2.26. The number of nitrogens with two attached hydrogens (primary N) is 1. The van der Waals surface area contributed by atoms with Crippen LogP contribution >= 0.6 is 0 Å². The molecule has 0 aromatic heterocycles. The van der Waals surface area contributed by atoms with E-state index in [-0.39, 0.29) is 23.5 Å². The second-order valence-electron chi connectivity index (χ2n) is 6.91. The molecule has 1 heterocycles. The largest absolute Gasteiger partial charge is 0.494 e. The third-order valence-electron chi connectivity index (χ3n) is 5.14. The Morgan fingerprint density at radius 1 is 1.14 bits per heavy atom. The number of rotatable bonds is 4. The van der Waals surface area contributed by atoms with Crippen molar-refractivity contribution < 1.29 is 18.7 Å². The van der Waals surface area contributed by atoms with Crippen molar-refractivity contribution in [3.05, 3.63) is 53.8 Å². The Balaban J connectivity index is 1.60. The fraction of sp³-hybridized carbons (Fsp3) is 0.333. The maximum atomic E-state index is 13.9. The van der Waals surface area contributed by atoms with E-state index >= 15 is 0 Å². The molecule has 0 saturated carbocycles. The highest BCUT2D eigenvalue weighted by atomic mass is 19.1. The van der Waals surface area contributed by atoms with Gasteiger partial charge in [0.2, 0.25) is 0 Å². The van der Waals surface area contributed by atoms with Gasteiger partial charge in [0, 0.05) is 43.0 Å². The summed E-state index contributed by atoms with van der Waals surface area (Å²) in [5.74, 6) is -0.757. The summed E-state index contributed by atoms with van der Waals surface area (Å²) in [5, 5.41) is 0. The summed E-state index contributed by atoms with van der Waals surface area (Å²) in [6.45, 7) is 0.959. The van der Waals surface area contributed by atoms with E-state index < -0.39 is 5.82 Å². The van der Waals surface area contributed by atoms with Gasteiger partial charge in [-0.25, -0.2) is 9.18 Å². The summed E-state index contributed by atoms with van der Waals surface area (Å²) in [7, 11) is 3.10. The molecule has 1 fully saturated rings. The molecule has 0 radical (unpaired) electrons. The van der Waals surface area contributed by atoms with E-state index in [4.69, 9.17) is 10.5 Å². The molecule has 7 heteroatoms. The molecule has 3 rings (SSSR count). The summed E-state index contributed by atoms with van der Waals surface area (Å²) in [6, 6.07) is 11.2. The standard InChI is InChI=1S/C21H24FN3O3/c1-24(17-6-4-16(23)5-7-17)21(27)25-11-9-14(10-12-25)20(26)15-3-8-19(28-2)18(22)13-15/h3-8,13-14H,9-12,23H2,1-2H3. The Morgan fingerprint density at radius 3 is 2.36 bits per heavy atom. The first-order valence-corrected chi connectivity index (χ1v) is 9.16. The van der Waals surface area contributed by atoms with Crippen LogP contribution in [0.5, 0.6) is 5.75 Å². The summed E-state index contributed by atoms with van der Waals surface area (Å²) in [4.78, 5) is 28.7. The molecule has 0 atom stereocenters. The van der Waals surface area contributed by atoms with Crippen LogP contribution in [0.15, 0.2) is 42.5 Å². The number of ether oxygens (including phenoxy) is 1. The molecular formula is C21H24FN3O3. The van der Waals surface area contributed by atoms with Crippen molar-refractivity contribution in [3.8, 4) is 5.75 Å². The third kappa shape index (κ3) is 4.08. The number of Topliss-reactive ketones (excluding diaryl/α,β-unsaturated/α-hetero) is 1. The van der Waals surface area contributed by atoms with E-state index in [1.54, 1.807) is 47.2 Å². The second kappa shape index (κ2) is 8.29. The van der Waals surface area contributed by atoms with Crippen molar-refractivity contribution in [2.75, 3.05) is 37.9 Å². The average molecular weight is 385 g/mol. The number of nitrogen functional groups attached to an aromatic ring is 1. The van der Waals surface area contributed by atoms with E-state index in [1.807, 2.05) is 0 Å². The van der Waals surface area contributed by atoms with E-state index in [1.165, 1.54) is 19.2 Å². The summed E-state index contributed by atoms with van der Waals surface area (Å²) < 4.78 is 18.8. The van der Waals surface area contributed by atoms with Crippen molar-refractivity contribution in [2.45, 2.75) is 12.8 Å². The summed E-state index contributed by atoms with van der Waals surface area (Å²) >= 11 is 0. The number of anilines is 2. The number of carbonyl (C=O) groups excluding carboxylic acids is 2. The van der Waals surface area contributed by atoms with E-state index in [0.717, 1.165) is 5.69 Å². The Labute approximate surface area is 163 Å². The molecular weight excluding hydrogens is 361 g/mol. The minimum atomic E-state index is -0.550. The van der Waals surface area contributed by atoms with Crippen LogP contribution in [-0.2, 0) is 0 Å². The Morgan fingerprint density at radius 2 is 1.79 bits per heavy atom. The number of ketones is 1. The van der Waals surface area contributed by atoms with Gasteiger partial charge in [-0.3, -0.25) is 9.69 Å². The number of benzene rings is 2. The summed E-state index contributed by atoms with van der Waals surface area (Å²) in [5.41, 5.74) is 7.42. The van der Waals surface area contributed by atoms with Crippen LogP contribution in [0.3, 0.4) is 0 Å². The number of methoxy groups -OCH3 is 1. The average Bonchev–Trinajstić information content (AvgIpc) is 2.72. The van der Waals surface area contributed by atoms with Crippen LogP contribution in [0.25, 0.3) is 0 Å². The first-order valence-electron chi connectivity index (χ1n) is 9.16. The Bertz CT molecular complexity index is 862. The molecule has 148 valence electrons. The lowest BCUT2D eigenvalue weighted by Crippen LogP contribution is -2.46. The lowest BCUT2D eigenvalue weighted by molar-refractivity contribution is 0.0857. The van der Waals surface area contributed by atoms with E-state index in [9.17, 15) is 14.0 Å². The number of piperidine rings is 1. The zero-order chi connectivity index (χ0) is 20.3. The van der Waals surface area contributed by atoms with Gasteiger partial charge in [0.25, 0.3) is 0 Å². The zero-order valence-electron chi connectivity index (χ0n) is 16.0. The molecule has 6 nitrogen and oxygen atoms in total. The van der Waals surface area contributed by atoms with Crippen molar-refractivity contribution in [1.29, 1.82) is 0 Å². The first kappa shape index (κ1) is 19.7. The topological polar surface area (TPSA) is 75.9 Å². The van der Waals surface area contributed by atoms with Gasteiger partial charge in [-0.15, -0.1) is 0 Å². The monoisotopic (exact) mass is 385 g/mol. The lowest BCUT2D eigenvalue weighted by Gasteiger charge is -2.34. The maximum Gasteiger partial charge on any atom is 0.324 e. The molecule has 2 aromatic rings. The molecule has 1 saturated heterocycles. The van der Waals surface area contributed by atoms with Crippen LogP contribution in [0.4, 0.5) is 20.6 Å². The van der Waals surface area contributed by atoms with Gasteiger partial charge in [0.1, 0.15) is 0 Å². The number of carbonyl (C=O) groups is 2. The van der Waals surface area contributed by atoms with Crippen molar-refractivity contribution in [2.24, 2.45) is 5.92 Å². The van der Waals surface area contributed by atoms with Gasteiger partial charge >= 0.3 is 6.03 Å². The fourth-order valence-corrected chi connectivity index (χ4v) is 3.41. The quantitative estimate of drug-likeness (QED) is 0.645.